The molecular weight excluding hydrogens is 178 g/mol. The quantitative estimate of drug-likeness (QED) is 0.729. The molecule has 1 rings (SSSR count). The zero-order valence-corrected chi connectivity index (χ0v) is 8.86. The number of nitrogens with two attached hydrogens (primary N) is 1. The minimum atomic E-state index is 0.320. The lowest BCUT2D eigenvalue weighted by Gasteiger charge is -2.18. The predicted molar refractivity (Wildman–Crippen MR) is 58.1 cm³/mol. The topological polar surface area (TPSA) is 67.1 Å². The third kappa shape index (κ3) is 3.57. The molecule has 5 nitrogen and oxygen atoms in total. The molecule has 5 heteroatoms. The molecule has 0 amide bonds. The van der Waals surface area contributed by atoms with Crippen LogP contribution in [0, 0.1) is 0 Å². The Bertz CT molecular complexity index is 286. The summed E-state index contributed by atoms with van der Waals surface area (Å²) in [7, 11) is 4.06. The third-order valence-electron chi connectivity index (χ3n) is 1.69. The van der Waals surface area contributed by atoms with Gasteiger partial charge in [-0.15, -0.1) is 0 Å². The number of anilines is 2. The van der Waals surface area contributed by atoms with E-state index in [-0.39, 0.29) is 0 Å². The Kier molecular flexibility index (Phi) is 3.64. The van der Waals surface area contributed by atoms with Crippen LogP contribution in [0.15, 0.2) is 12.4 Å². The van der Waals surface area contributed by atoms with Crippen molar-refractivity contribution < 1.29 is 0 Å². The Labute approximate surface area is 84.3 Å². The Balaban J connectivity index is 2.51. The Morgan fingerprint density at radius 3 is 2.79 bits per heavy atom. The number of nitrogens with zero attached hydrogens (tertiary/aromatic N) is 3. The Morgan fingerprint density at radius 2 is 2.21 bits per heavy atom. The summed E-state index contributed by atoms with van der Waals surface area (Å²) >= 11 is 0. The third-order valence-corrected chi connectivity index (χ3v) is 1.69. The summed E-state index contributed by atoms with van der Waals surface area (Å²) in [5.41, 5.74) is 5.51. The molecule has 0 fully saturated rings. The van der Waals surface area contributed by atoms with E-state index in [1.165, 1.54) is 6.20 Å². The highest BCUT2D eigenvalue weighted by Crippen LogP contribution is 2.04. The highest BCUT2D eigenvalue weighted by molar-refractivity contribution is 5.38. The van der Waals surface area contributed by atoms with Crippen LogP contribution in [0.4, 0.5) is 11.6 Å². The summed E-state index contributed by atoms with van der Waals surface area (Å²) in [5, 5.41) is 3.22. The molecule has 0 aliphatic heterocycles. The molecule has 78 valence electrons. The fourth-order valence-corrected chi connectivity index (χ4v) is 1.30. The van der Waals surface area contributed by atoms with Crippen molar-refractivity contribution in [2.45, 2.75) is 13.0 Å². The van der Waals surface area contributed by atoms with Crippen LogP contribution in [-0.4, -0.2) is 41.5 Å². The summed E-state index contributed by atoms with van der Waals surface area (Å²) in [5.74, 6) is 1.16. The van der Waals surface area contributed by atoms with Gasteiger partial charge in [-0.25, -0.2) is 4.98 Å². The first-order chi connectivity index (χ1) is 6.58. The molecule has 1 heterocycles. The van der Waals surface area contributed by atoms with Crippen molar-refractivity contribution in [1.29, 1.82) is 0 Å². The smallest absolute Gasteiger partial charge is 0.147 e. The van der Waals surface area contributed by atoms with Crippen molar-refractivity contribution in [3.8, 4) is 0 Å². The molecule has 0 aromatic carbocycles. The summed E-state index contributed by atoms with van der Waals surface area (Å²) in [6.45, 7) is 3.03. The molecule has 1 aromatic rings. The zero-order chi connectivity index (χ0) is 10.6. The molecule has 0 spiro atoms. The SMILES string of the molecule is CC(CN(C)C)Nc1cncc(N)n1. The van der Waals surface area contributed by atoms with Crippen molar-refractivity contribution in [3.05, 3.63) is 12.4 Å². The number of hydrogen-bond acceptors (Lipinski definition) is 5. The molecule has 0 saturated heterocycles. The van der Waals surface area contributed by atoms with E-state index in [1.54, 1.807) is 6.20 Å². The van der Waals surface area contributed by atoms with Gasteiger partial charge in [-0.2, -0.15) is 0 Å². The average molecular weight is 195 g/mol. The van der Waals surface area contributed by atoms with E-state index in [2.05, 4.69) is 27.1 Å². The Hall–Kier alpha value is -1.36. The minimum absolute atomic E-state index is 0.320. The van der Waals surface area contributed by atoms with E-state index in [1.807, 2.05) is 14.1 Å². The molecule has 0 radical (unpaired) electrons. The van der Waals surface area contributed by atoms with E-state index < -0.39 is 0 Å². The summed E-state index contributed by atoms with van der Waals surface area (Å²) in [4.78, 5) is 10.2. The first kappa shape index (κ1) is 10.7. The minimum Gasteiger partial charge on any atom is -0.382 e. The second kappa shape index (κ2) is 4.76. The van der Waals surface area contributed by atoms with Crippen molar-refractivity contribution in [2.24, 2.45) is 0 Å². The molecule has 1 aromatic heterocycles. The number of aromatic nitrogens is 2. The lowest BCUT2D eigenvalue weighted by molar-refractivity contribution is 0.392. The fourth-order valence-electron chi connectivity index (χ4n) is 1.30. The van der Waals surface area contributed by atoms with E-state index in [0.29, 0.717) is 11.9 Å². The predicted octanol–water partition coefficient (Wildman–Crippen LogP) is 0.421. The zero-order valence-electron chi connectivity index (χ0n) is 8.86. The lowest BCUT2D eigenvalue weighted by atomic mass is 10.3. The van der Waals surface area contributed by atoms with Crippen LogP contribution in [-0.2, 0) is 0 Å². The van der Waals surface area contributed by atoms with Crippen molar-refractivity contribution >= 4 is 11.6 Å². The maximum absolute atomic E-state index is 5.51. The van der Waals surface area contributed by atoms with Gasteiger partial charge < -0.3 is 16.0 Å². The number of hydrogen-bond donors (Lipinski definition) is 2. The maximum atomic E-state index is 5.51. The van der Waals surface area contributed by atoms with E-state index in [0.717, 1.165) is 12.4 Å². The van der Waals surface area contributed by atoms with Gasteiger partial charge in [0.25, 0.3) is 0 Å². The first-order valence-corrected chi connectivity index (χ1v) is 4.56. The highest BCUT2D eigenvalue weighted by Gasteiger charge is 2.04. The van der Waals surface area contributed by atoms with Crippen LogP contribution in [0.1, 0.15) is 6.92 Å². The molecule has 14 heavy (non-hydrogen) atoms. The molecule has 0 aliphatic carbocycles. The number of nitrogen functional groups attached to an aromatic ring is 1. The monoisotopic (exact) mass is 195 g/mol. The molecular formula is C9H17N5. The van der Waals surface area contributed by atoms with Gasteiger partial charge in [0, 0.05) is 12.6 Å². The van der Waals surface area contributed by atoms with Gasteiger partial charge in [0.15, 0.2) is 0 Å². The van der Waals surface area contributed by atoms with Crippen molar-refractivity contribution in [3.63, 3.8) is 0 Å². The molecule has 0 saturated carbocycles. The Morgan fingerprint density at radius 1 is 1.50 bits per heavy atom. The van der Waals surface area contributed by atoms with Gasteiger partial charge in [0.2, 0.25) is 0 Å². The second-order valence-corrected chi connectivity index (χ2v) is 3.64. The first-order valence-electron chi connectivity index (χ1n) is 4.56. The molecule has 0 bridgehead atoms. The van der Waals surface area contributed by atoms with E-state index >= 15 is 0 Å². The van der Waals surface area contributed by atoms with Gasteiger partial charge in [-0.05, 0) is 21.0 Å². The van der Waals surface area contributed by atoms with Crippen LogP contribution >= 0.6 is 0 Å². The fraction of sp³-hybridized carbons (Fsp3) is 0.556. The van der Waals surface area contributed by atoms with Crippen LogP contribution < -0.4 is 11.1 Å². The van der Waals surface area contributed by atoms with Crippen LogP contribution in [0.2, 0.25) is 0 Å². The standard InChI is InChI=1S/C9H17N5/c1-7(6-14(2)3)12-9-5-11-4-8(10)13-9/h4-5,7H,6H2,1-3H3,(H3,10,12,13). The number of nitrogens with one attached hydrogen (secondary N) is 1. The van der Waals surface area contributed by atoms with Crippen LogP contribution in [0.5, 0.6) is 0 Å². The van der Waals surface area contributed by atoms with Crippen LogP contribution in [0.3, 0.4) is 0 Å². The van der Waals surface area contributed by atoms with E-state index in [9.17, 15) is 0 Å². The van der Waals surface area contributed by atoms with Gasteiger partial charge in [0.1, 0.15) is 11.6 Å². The second-order valence-electron chi connectivity index (χ2n) is 3.64. The molecule has 1 atom stereocenters. The van der Waals surface area contributed by atoms with Gasteiger partial charge in [0.05, 0.1) is 12.4 Å². The average Bonchev–Trinajstić information content (AvgIpc) is 2.01. The lowest BCUT2D eigenvalue weighted by Crippen LogP contribution is -2.30. The largest absolute Gasteiger partial charge is 0.382 e. The normalized spacial score (nSPS) is 12.9. The highest BCUT2D eigenvalue weighted by atomic mass is 15.1. The number of rotatable bonds is 4. The van der Waals surface area contributed by atoms with E-state index in [4.69, 9.17) is 5.73 Å². The molecule has 1 unspecified atom stereocenters. The van der Waals surface area contributed by atoms with Gasteiger partial charge >= 0.3 is 0 Å². The number of likely N-dealkylation sites (N-methyl/N-ethyl adjacent to an activating group) is 1. The van der Waals surface area contributed by atoms with Crippen molar-refractivity contribution in [2.75, 3.05) is 31.7 Å². The molecule has 3 N–H and O–H groups in total. The van der Waals surface area contributed by atoms with Gasteiger partial charge in [-0.1, -0.05) is 0 Å². The molecule has 0 aliphatic rings. The van der Waals surface area contributed by atoms with Gasteiger partial charge in [-0.3, -0.25) is 4.98 Å². The maximum Gasteiger partial charge on any atom is 0.147 e. The van der Waals surface area contributed by atoms with Crippen LogP contribution in [0.25, 0.3) is 0 Å². The summed E-state index contributed by atoms with van der Waals surface area (Å²) in [6.07, 6.45) is 3.20. The van der Waals surface area contributed by atoms with Crippen molar-refractivity contribution in [1.82, 2.24) is 14.9 Å². The summed E-state index contributed by atoms with van der Waals surface area (Å²) < 4.78 is 0. The summed E-state index contributed by atoms with van der Waals surface area (Å²) in [6, 6.07) is 0.320.